The number of halogens is 1. The number of aromatic nitrogens is 1. The number of nitrogens with zero attached hydrogens (tertiary/aromatic N) is 1. The van der Waals surface area contributed by atoms with E-state index < -0.39 is 24.5 Å². The summed E-state index contributed by atoms with van der Waals surface area (Å²) in [7, 11) is 0. The summed E-state index contributed by atoms with van der Waals surface area (Å²) in [6, 6.07) is 0. The number of carboxylic acids is 1. The quantitative estimate of drug-likeness (QED) is 0.862. The van der Waals surface area contributed by atoms with Crippen molar-refractivity contribution < 1.29 is 28.3 Å². The van der Waals surface area contributed by atoms with E-state index in [1.54, 1.807) is 0 Å². The van der Waals surface area contributed by atoms with E-state index in [-0.39, 0.29) is 11.6 Å². The fraction of sp³-hybridized carbons (Fsp3) is 0.600. The monoisotopic (exact) mass is 245 g/mol. The zero-order chi connectivity index (χ0) is 12.3. The highest BCUT2D eigenvalue weighted by molar-refractivity contribution is 5.69. The van der Waals surface area contributed by atoms with Gasteiger partial charge in [0.1, 0.15) is 6.42 Å². The smallest absolute Gasteiger partial charge is 0.311 e. The molecule has 17 heavy (non-hydrogen) atoms. The molecule has 1 saturated heterocycles. The summed E-state index contributed by atoms with van der Waals surface area (Å²) < 4.78 is 28.5. The first-order chi connectivity index (χ1) is 8.16. The van der Waals surface area contributed by atoms with Crippen molar-refractivity contribution in [2.45, 2.75) is 32.0 Å². The summed E-state index contributed by atoms with van der Waals surface area (Å²) in [5.41, 5.74) is 0. The van der Waals surface area contributed by atoms with Crippen LogP contribution < -0.4 is 4.74 Å². The van der Waals surface area contributed by atoms with Gasteiger partial charge in [-0.2, -0.15) is 4.39 Å². The number of hydrogen-bond donors (Lipinski definition) is 1. The Labute approximate surface area is 96.3 Å². The van der Waals surface area contributed by atoms with E-state index in [0.29, 0.717) is 13.0 Å². The van der Waals surface area contributed by atoms with E-state index in [1.165, 1.54) is 0 Å². The average molecular weight is 245 g/mol. The highest BCUT2D eigenvalue weighted by Crippen LogP contribution is 2.23. The molecule has 1 aliphatic rings. The van der Waals surface area contributed by atoms with E-state index in [2.05, 4.69) is 9.68 Å². The van der Waals surface area contributed by atoms with Gasteiger partial charge in [-0.25, -0.2) is 0 Å². The Balaban J connectivity index is 2.00. The molecule has 2 heterocycles. The van der Waals surface area contributed by atoms with E-state index >= 15 is 0 Å². The molecule has 1 aliphatic heterocycles. The normalized spacial score (nSPS) is 20.2. The first-order valence-corrected chi connectivity index (χ1v) is 5.31. The van der Waals surface area contributed by atoms with Gasteiger partial charge in [0.2, 0.25) is 12.1 Å². The Morgan fingerprint density at radius 1 is 1.59 bits per heavy atom. The first-order valence-electron chi connectivity index (χ1n) is 5.31. The van der Waals surface area contributed by atoms with Crippen LogP contribution in [-0.2, 0) is 16.0 Å². The summed E-state index contributed by atoms with van der Waals surface area (Å²) in [5.74, 6) is -2.75. The van der Waals surface area contributed by atoms with Crippen LogP contribution in [0.2, 0.25) is 0 Å². The minimum Gasteiger partial charge on any atom is -0.481 e. The zero-order valence-corrected chi connectivity index (χ0v) is 9.02. The van der Waals surface area contributed by atoms with Crippen molar-refractivity contribution in [2.24, 2.45) is 0 Å². The lowest BCUT2D eigenvalue weighted by Gasteiger charge is -2.21. The number of hydrogen-bond acceptors (Lipinski definition) is 5. The minimum atomic E-state index is -1.19. The third-order valence-electron chi connectivity index (χ3n) is 2.36. The summed E-state index contributed by atoms with van der Waals surface area (Å²) in [4.78, 5) is 10.4. The van der Waals surface area contributed by atoms with Crippen molar-refractivity contribution in [3.8, 4) is 5.88 Å². The number of carbonyl (C=O) groups is 1. The SMILES string of the molecule is O=C(O)Cc1onc(OC2CCCCO2)c1F. The molecular formula is C10H12FNO5. The summed E-state index contributed by atoms with van der Waals surface area (Å²) in [6.45, 7) is 0.562. The molecule has 1 N–H and O–H groups in total. The third kappa shape index (κ3) is 2.94. The third-order valence-corrected chi connectivity index (χ3v) is 2.36. The van der Waals surface area contributed by atoms with Gasteiger partial charge in [0.25, 0.3) is 5.88 Å². The lowest BCUT2D eigenvalue weighted by molar-refractivity contribution is -0.136. The van der Waals surface area contributed by atoms with Crippen LogP contribution >= 0.6 is 0 Å². The molecule has 1 unspecified atom stereocenters. The molecule has 2 rings (SSSR count). The van der Waals surface area contributed by atoms with E-state index in [1.807, 2.05) is 0 Å². The van der Waals surface area contributed by atoms with Crippen LogP contribution in [0.5, 0.6) is 5.88 Å². The topological polar surface area (TPSA) is 81.8 Å². The Bertz CT molecular complexity index is 399. The van der Waals surface area contributed by atoms with Crippen LogP contribution in [0.3, 0.4) is 0 Å². The Morgan fingerprint density at radius 3 is 3.06 bits per heavy atom. The molecular weight excluding hydrogens is 233 g/mol. The summed E-state index contributed by atoms with van der Waals surface area (Å²) in [6.07, 6.45) is 1.44. The Kier molecular flexibility index (Phi) is 3.58. The lowest BCUT2D eigenvalue weighted by atomic mass is 10.2. The molecule has 0 bridgehead atoms. The second-order valence-corrected chi connectivity index (χ2v) is 3.71. The van der Waals surface area contributed by atoms with Crippen molar-refractivity contribution >= 4 is 5.97 Å². The standard InChI is InChI=1S/C10H12FNO5/c11-9-6(5-7(13)14)17-12-10(9)16-8-3-1-2-4-15-8/h8H,1-5H2,(H,13,14). The fourth-order valence-corrected chi connectivity index (χ4v) is 1.55. The summed E-state index contributed by atoms with van der Waals surface area (Å²) in [5, 5.41) is 11.8. The van der Waals surface area contributed by atoms with Gasteiger partial charge in [0.05, 0.1) is 6.61 Å². The fourth-order valence-electron chi connectivity index (χ4n) is 1.55. The van der Waals surface area contributed by atoms with Gasteiger partial charge in [0, 0.05) is 6.42 Å². The summed E-state index contributed by atoms with van der Waals surface area (Å²) >= 11 is 0. The predicted octanol–water partition coefficient (Wildman–Crippen LogP) is 1.35. The molecule has 0 amide bonds. The van der Waals surface area contributed by atoms with E-state index in [9.17, 15) is 9.18 Å². The maximum Gasteiger partial charge on any atom is 0.311 e. The molecule has 7 heteroatoms. The second-order valence-electron chi connectivity index (χ2n) is 3.71. The van der Waals surface area contributed by atoms with Gasteiger partial charge in [0.15, 0.2) is 5.76 Å². The van der Waals surface area contributed by atoms with E-state index in [0.717, 1.165) is 12.8 Å². The van der Waals surface area contributed by atoms with Crippen LogP contribution in [0.25, 0.3) is 0 Å². The van der Waals surface area contributed by atoms with Crippen LogP contribution in [0.4, 0.5) is 4.39 Å². The number of carboxylic acid groups (broad SMARTS) is 1. The Hall–Kier alpha value is -1.63. The van der Waals surface area contributed by atoms with Gasteiger partial charge in [-0.1, -0.05) is 0 Å². The lowest BCUT2D eigenvalue weighted by Crippen LogP contribution is -2.25. The van der Waals surface area contributed by atoms with Gasteiger partial charge in [-0.3, -0.25) is 4.79 Å². The molecule has 94 valence electrons. The van der Waals surface area contributed by atoms with Crippen molar-refractivity contribution in [1.29, 1.82) is 0 Å². The average Bonchev–Trinajstić information content (AvgIpc) is 2.62. The molecule has 1 fully saturated rings. The highest BCUT2D eigenvalue weighted by atomic mass is 19.1. The largest absolute Gasteiger partial charge is 0.481 e. The first kappa shape index (κ1) is 11.8. The minimum absolute atomic E-state index is 0.340. The van der Waals surface area contributed by atoms with Gasteiger partial charge >= 0.3 is 5.97 Å². The van der Waals surface area contributed by atoms with Gasteiger partial charge < -0.3 is 19.1 Å². The molecule has 6 nitrogen and oxygen atoms in total. The molecule has 0 radical (unpaired) electrons. The van der Waals surface area contributed by atoms with Crippen LogP contribution in [0, 0.1) is 5.82 Å². The molecule has 0 aliphatic carbocycles. The predicted molar refractivity (Wildman–Crippen MR) is 52.0 cm³/mol. The number of aliphatic carboxylic acids is 1. The van der Waals surface area contributed by atoms with Gasteiger partial charge in [-0.05, 0) is 18.0 Å². The number of rotatable bonds is 4. The van der Waals surface area contributed by atoms with Crippen molar-refractivity contribution in [3.05, 3.63) is 11.6 Å². The maximum absolute atomic E-state index is 13.5. The van der Waals surface area contributed by atoms with Crippen LogP contribution in [-0.4, -0.2) is 29.1 Å². The second kappa shape index (κ2) is 5.13. The molecule has 0 aromatic carbocycles. The number of ether oxygens (including phenoxy) is 2. The maximum atomic E-state index is 13.5. The zero-order valence-electron chi connectivity index (χ0n) is 9.02. The van der Waals surface area contributed by atoms with Crippen molar-refractivity contribution in [2.75, 3.05) is 6.61 Å². The van der Waals surface area contributed by atoms with Gasteiger partial charge in [-0.15, -0.1) is 0 Å². The van der Waals surface area contributed by atoms with Crippen molar-refractivity contribution in [3.63, 3.8) is 0 Å². The Morgan fingerprint density at radius 2 is 2.41 bits per heavy atom. The van der Waals surface area contributed by atoms with Crippen LogP contribution in [0.15, 0.2) is 4.52 Å². The van der Waals surface area contributed by atoms with E-state index in [4.69, 9.17) is 14.6 Å². The molecule has 0 saturated carbocycles. The molecule has 1 aromatic rings. The van der Waals surface area contributed by atoms with Crippen molar-refractivity contribution in [1.82, 2.24) is 5.16 Å². The molecule has 1 atom stereocenters. The molecule has 0 spiro atoms. The highest BCUT2D eigenvalue weighted by Gasteiger charge is 2.24. The molecule has 1 aromatic heterocycles. The van der Waals surface area contributed by atoms with Crippen LogP contribution in [0.1, 0.15) is 25.0 Å².